The van der Waals surface area contributed by atoms with Crippen molar-refractivity contribution in [2.75, 3.05) is 39.6 Å². The SMILES string of the molecule is C=C(C)C(=O)O.CC(O)CCO.CC(O)CCO.CC(O)CCO.CC(O)CCO.CC(O)CCO.CC(O)CCO. The maximum Gasteiger partial charge on any atom is 0.330 e. The second-order valence-electron chi connectivity index (χ2n) is 9.25. The molecule has 0 rings (SSSR count). The van der Waals surface area contributed by atoms with Crippen LogP contribution in [0.3, 0.4) is 0 Å². The summed E-state index contributed by atoms with van der Waals surface area (Å²) >= 11 is 0. The van der Waals surface area contributed by atoms with Crippen LogP contribution in [0.1, 0.15) is 87.0 Å². The van der Waals surface area contributed by atoms with Gasteiger partial charge in [0.25, 0.3) is 0 Å². The molecule has 14 heteroatoms. The third-order valence-electron chi connectivity index (χ3n) is 3.65. The van der Waals surface area contributed by atoms with Gasteiger partial charge in [-0.3, -0.25) is 0 Å². The fourth-order valence-electron chi connectivity index (χ4n) is 1.12. The van der Waals surface area contributed by atoms with Crippen LogP contribution in [-0.2, 0) is 4.79 Å². The van der Waals surface area contributed by atoms with E-state index in [0.717, 1.165) is 0 Å². The van der Waals surface area contributed by atoms with Gasteiger partial charge in [-0.1, -0.05) is 6.58 Å². The average molecular weight is 627 g/mol. The van der Waals surface area contributed by atoms with Crippen molar-refractivity contribution in [2.45, 2.75) is 124 Å². The number of rotatable bonds is 13. The molecule has 42 heavy (non-hydrogen) atoms. The first-order chi connectivity index (χ1) is 19.3. The quantitative estimate of drug-likeness (QED) is 0.111. The number of carboxylic acid groups (broad SMARTS) is 1. The monoisotopic (exact) mass is 626 g/mol. The van der Waals surface area contributed by atoms with E-state index in [4.69, 9.17) is 66.4 Å². The van der Waals surface area contributed by atoms with E-state index in [0.29, 0.717) is 38.5 Å². The Balaban J connectivity index is -0.0000000681. The van der Waals surface area contributed by atoms with Crippen LogP contribution in [0.4, 0.5) is 0 Å². The van der Waals surface area contributed by atoms with Crippen LogP contribution in [0.15, 0.2) is 12.2 Å². The largest absolute Gasteiger partial charge is 0.478 e. The molecule has 0 bridgehead atoms. The lowest BCUT2D eigenvalue weighted by Gasteiger charge is -1.95. The van der Waals surface area contributed by atoms with Gasteiger partial charge in [-0.05, 0) is 87.0 Å². The molecule has 0 radical (unpaired) electrons. The summed E-state index contributed by atoms with van der Waals surface area (Å²) in [6.07, 6.45) is 0.806. The number of aliphatic hydroxyl groups excluding tert-OH is 12. The average Bonchev–Trinajstić information content (AvgIpc) is 2.81. The van der Waals surface area contributed by atoms with Crippen molar-refractivity contribution >= 4 is 5.97 Å². The number of aliphatic hydroxyl groups is 12. The van der Waals surface area contributed by atoms with E-state index in [9.17, 15) is 4.79 Å². The lowest BCUT2D eigenvalue weighted by molar-refractivity contribution is -0.132. The molecule has 0 aliphatic rings. The molecule has 0 saturated heterocycles. The van der Waals surface area contributed by atoms with Crippen molar-refractivity contribution in [3.8, 4) is 0 Å². The summed E-state index contributed by atoms with van der Waals surface area (Å²) in [7, 11) is 0. The molecule has 0 aromatic carbocycles. The first-order valence-electron chi connectivity index (χ1n) is 13.9. The zero-order valence-corrected chi connectivity index (χ0v) is 26.9. The minimum atomic E-state index is -0.935. The normalized spacial score (nSPS) is 13.5. The van der Waals surface area contributed by atoms with Gasteiger partial charge < -0.3 is 66.4 Å². The zero-order valence-electron chi connectivity index (χ0n) is 26.9. The van der Waals surface area contributed by atoms with Gasteiger partial charge in [-0.25, -0.2) is 4.79 Å². The molecule has 14 nitrogen and oxygen atoms in total. The third-order valence-corrected chi connectivity index (χ3v) is 3.65. The summed E-state index contributed by atoms with van der Waals surface area (Å²) in [5.41, 5.74) is 0.176. The number of hydrogen-bond donors (Lipinski definition) is 13. The Hall–Kier alpha value is -1.27. The molecule has 6 atom stereocenters. The second kappa shape index (κ2) is 49.4. The molecule has 0 heterocycles. The second-order valence-corrected chi connectivity index (χ2v) is 9.25. The van der Waals surface area contributed by atoms with Crippen molar-refractivity contribution in [2.24, 2.45) is 0 Å². The smallest absolute Gasteiger partial charge is 0.330 e. The van der Waals surface area contributed by atoms with E-state index >= 15 is 0 Å². The van der Waals surface area contributed by atoms with E-state index in [-0.39, 0.29) is 81.8 Å². The maximum atomic E-state index is 9.60. The first kappa shape index (κ1) is 56.5. The van der Waals surface area contributed by atoms with E-state index < -0.39 is 5.97 Å². The topological polar surface area (TPSA) is 280 Å². The van der Waals surface area contributed by atoms with Crippen LogP contribution < -0.4 is 0 Å². The van der Waals surface area contributed by atoms with Crippen LogP contribution >= 0.6 is 0 Å². The van der Waals surface area contributed by atoms with Crippen LogP contribution in [0.25, 0.3) is 0 Å². The Labute approximate surface area is 252 Å². The predicted molar refractivity (Wildman–Crippen MR) is 163 cm³/mol. The van der Waals surface area contributed by atoms with Crippen LogP contribution in [0.2, 0.25) is 0 Å². The Morgan fingerprint density at radius 3 is 0.548 bits per heavy atom. The highest BCUT2D eigenvalue weighted by Gasteiger charge is 1.91. The molecule has 262 valence electrons. The van der Waals surface area contributed by atoms with Crippen molar-refractivity contribution in [3.63, 3.8) is 0 Å². The highest BCUT2D eigenvalue weighted by molar-refractivity contribution is 5.84. The predicted octanol–water partition coefficient (Wildman–Crippen LogP) is -0.855. The number of carbonyl (C=O) groups is 1. The zero-order chi connectivity index (χ0) is 35.1. The Morgan fingerprint density at radius 1 is 0.452 bits per heavy atom. The highest BCUT2D eigenvalue weighted by atomic mass is 16.4. The fourth-order valence-corrected chi connectivity index (χ4v) is 1.12. The summed E-state index contributed by atoms with van der Waals surface area (Å²) in [5.74, 6) is -0.935. The number of hydrogen-bond acceptors (Lipinski definition) is 13. The van der Waals surface area contributed by atoms with Gasteiger partial charge in [0, 0.05) is 45.2 Å². The molecule has 0 amide bonds. The summed E-state index contributed by atoms with van der Waals surface area (Å²) in [6.45, 7) is 15.0. The van der Waals surface area contributed by atoms with Crippen LogP contribution in [0.5, 0.6) is 0 Å². The van der Waals surface area contributed by atoms with Crippen molar-refractivity contribution in [1.29, 1.82) is 0 Å². The maximum absolute atomic E-state index is 9.60. The molecule has 0 saturated carbocycles. The lowest BCUT2D eigenvalue weighted by atomic mass is 10.3. The molecule has 0 aliphatic heterocycles. The molecular formula is C28H66O14. The molecule has 0 aromatic heterocycles. The van der Waals surface area contributed by atoms with Gasteiger partial charge in [-0.15, -0.1) is 0 Å². The standard InChI is InChI=1S/6C4H10O2.C4H6O2/c6*1-4(6)2-3-5;1-3(2)4(5)6/h6*4-6H,2-3H2,1H3;1H2,2H3,(H,5,6). The van der Waals surface area contributed by atoms with Gasteiger partial charge in [0.2, 0.25) is 0 Å². The van der Waals surface area contributed by atoms with Gasteiger partial charge >= 0.3 is 5.97 Å². The summed E-state index contributed by atoms with van der Waals surface area (Å²) in [4.78, 5) is 9.60. The Kier molecular flexibility index (Phi) is 66.5. The number of carboxylic acids is 1. The molecular weight excluding hydrogens is 560 g/mol. The molecule has 0 fully saturated rings. The Morgan fingerprint density at radius 2 is 0.548 bits per heavy atom. The molecule has 13 N–H and O–H groups in total. The van der Waals surface area contributed by atoms with E-state index in [1.165, 1.54) is 6.92 Å². The van der Waals surface area contributed by atoms with Crippen molar-refractivity contribution in [1.82, 2.24) is 0 Å². The van der Waals surface area contributed by atoms with E-state index in [1.807, 2.05) is 0 Å². The molecule has 6 unspecified atom stereocenters. The minimum absolute atomic E-state index is 0.0810. The van der Waals surface area contributed by atoms with Gasteiger partial charge in [-0.2, -0.15) is 0 Å². The Bertz CT molecular complexity index is 382. The van der Waals surface area contributed by atoms with Crippen LogP contribution in [-0.4, -0.2) is 149 Å². The first-order valence-corrected chi connectivity index (χ1v) is 13.9. The van der Waals surface area contributed by atoms with Crippen LogP contribution in [0, 0.1) is 0 Å². The summed E-state index contributed by atoms with van der Waals surface area (Å²) < 4.78 is 0. The van der Waals surface area contributed by atoms with E-state index in [1.54, 1.807) is 41.5 Å². The van der Waals surface area contributed by atoms with Crippen molar-refractivity contribution < 1.29 is 71.2 Å². The fraction of sp³-hybridized carbons (Fsp3) is 0.893. The van der Waals surface area contributed by atoms with Gasteiger partial charge in [0.1, 0.15) is 0 Å². The lowest BCUT2D eigenvalue weighted by Crippen LogP contribution is -2.00. The van der Waals surface area contributed by atoms with Gasteiger partial charge in [0.05, 0.1) is 36.6 Å². The van der Waals surface area contributed by atoms with Gasteiger partial charge in [0.15, 0.2) is 0 Å². The third kappa shape index (κ3) is 128. The molecule has 0 spiro atoms. The molecule has 0 aromatic rings. The summed E-state index contributed by atoms with van der Waals surface area (Å²) in [6, 6.07) is 0. The van der Waals surface area contributed by atoms with Crippen molar-refractivity contribution in [3.05, 3.63) is 12.2 Å². The highest BCUT2D eigenvalue weighted by Crippen LogP contribution is 1.86. The van der Waals surface area contributed by atoms with E-state index in [2.05, 4.69) is 6.58 Å². The summed E-state index contributed by atoms with van der Waals surface area (Å²) in [5, 5.41) is 107. The minimum Gasteiger partial charge on any atom is -0.478 e. The number of aliphatic carboxylic acids is 1. The molecule has 0 aliphatic carbocycles.